The van der Waals surface area contributed by atoms with Crippen LogP contribution in [0, 0.1) is 0 Å². The quantitative estimate of drug-likeness (QED) is 0.648. The molecule has 0 saturated carbocycles. The number of likely N-dealkylation sites (tertiary alicyclic amines) is 1. The number of hydrogen-bond acceptors (Lipinski definition) is 3. The van der Waals surface area contributed by atoms with Crippen molar-refractivity contribution in [3.8, 4) is 0 Å². The van der Waals surface area contributed by atoms with Crippen molar-refractivity contribution in [2.45, 2.75) is 31.7 Å². The van der Waals surface area contributed by atoms with Gasteiger partial charge >= 0.3 is 0 Å². The SMILES string of the molecule is OCCC1CCCCN1CCS. The first kappa shape index (κ1) is 10.4. The second kappa shape index (κ2) is 5.84. The third-order valence-electron chi connectivity index (χ3n) is 2.60. The fourth-order valence-electron chi connectivity index (χ4n) is 1.96. The number of piperidine rings is 1. The lowest BCUT2D eigenvalue weighted by Gasteiger charge is -2.35. The van der Waals surface area contributed by atoms with Gasteiger partial charge in [-0.25, -0.2) is 0 Å². The summed E-state index contributed by atoms with van der Waals surface area (Å²) in [4.78, 5) is 2.46. The van der Waals surface area contributed by atoms with E-state index in [-0.39, 0.29) is 0 Å². The molecule has 0 radical (unpaired) electrons. The molecule has 1 fully saturated rings. The number of thiol groups is 1. The summed E-state index contributed by atoms with van der Waals surface area (Å²) in [5.74, 6) is 0.932. The summed E-state index contributed by atoms with van der Waals surface area (Å²) in [6, 6.07) is 0.621. The summed E-state index contributed by atoms with van der Waals surface area (Å²) in [5, 5.41) is 8.86. The number of rotatable bonds is 4. The van der Waals surface area contributed by atoms with E-state index in [0.29, 0.717) is 12.6 Å². The Bertz CT molecular complexity index is 103. The zero-order chi connectivity index (χ0) is 8.81. The number of aliphatic hydroxyl groups excluding tert-OH is 1. The van der Waals surface area contributed by atoms with Gasteiger partial charge in [-0.2, -0.15) is 12.6 Å². The highest BCUT2D eigenvalue weighted by atomic mass is 32.1. The molecule has 3 heteroatoms. The van der Waals surface area contributed by atoms with Gasteiger partial charge in [-0.15, -0.1) is 0 Å². The summed E-state index contributed by atoms with van der Waals surface area (Å²) in [7, 11) is 0. The van der Waals surface area contributed by atoms with E-state index in [2.05, 4.69) is 17.5 Å². The average Bonchev–Trinajstić information content (AvgIpc) is 2.09. The molecule has 0 spiro atoms. The van der Waals surface area contributed by atoms with E-state index < -0.39 is 0 Å². The maximum atomic E-state index is 8.86. The molecule has 1 saturated heterocycles. The van der Waals surface area contributed by atoms with Crippen LogP contribution in [-0.2, 0) is 0 Å². The molecule has 1 N–H and O–H groups in total. The van der Waals surface area contributed by atoms with Gasteiger partial charge in [0.2, 0.25) is 0 Å². The molecule has 1 aliphatic rings. The summed E-state index contributed by atoms with van der Waals surface area (Å²) < 4.78 is 0. The fourth-order valence-corrected chi connectivity index (χ4v) is 2.22. The highest BCUT2D eigenvalue weighted by Crippen LogP contribution is 2.18. The zero-order valence-electron chi connectivity index (χ0n) is 7.58. The second-order valence-corrected chi connectivity index (χ2v) is 3.87. The molecule has 0 aliphatic carbocycles. The molecule has 1 atom stereocenters. The van der Waals surface area contributed by atoms with Gasteiger partial charge in [0.25, 0.3) is 0 Å². The van der Waals surface area contributed by atoms with Crippen molar-refractivity contribution in [1.29, 1.82) is 0 Å². The van der Waals surface area contributed by atoms with Gasteiger partial charge in [0.15, 0.2) is 0 Å². The van der Waals surface area contributed by atoms with Crippen LogP contribution < -0.4 is 0 Å². The van der Waals surface area contributed by atoms with Gasteiger partial charge in [0.1, 0.15) is 0 Å². The molecule has 1 rings (SSSR count). The molecule has 1 aliphatic heterocycles. The Kier molecular flexibility index (Phi) is 5.04. The van der Waals surface area contributed by atoms with Crippen molar-refractivity contribution in [2.24, 2.45) is 0 Å². The predicted molar refractivity (Wildman–Crippen MR) is 54.8 cm³/mol. The molecule has 1 heterocycles. The number of aliphatic hydroxyl groups is 1. The van der Waals surface area contributed by atoms with Crippen LogP contribution in [0.15, 0.2) is 0 Å². The normalized spacial score (nSPS) is 26.0. The Morgan fingerprint density at radius 3 is 2.92 bits per heavy atom. The predicted octanol–water partition coefficient (Wildman–Crippen LogP) is 1.15. The molecule has 0 aromatic heterocycles. The van der Waals surface area contributed by atoms with Crippen LogP contribution in [0.3, 0.4) is 0 Å². The third kappa shape index (κ3) is 2.96. The first-order valence-electron chi connectivity index (χ1n) is 4.84. The van der Waals surface area contributed by atoms with Gasteiger partial charge in [-0.3, -0.25) is 4.90 Å². The van der Waals surface area contributed by atoms with Gasteiger partial charge in [-0.1, -0.05) is 6.42 Å². The minimum Gasteiger partial charge on any atom is -0.396 e. The number of hydrogen-bond donors (Lipinski definition) is 2. The Morgan fingerprint density at radius 1 is 1.42 bits per heavy atom. The smallest absolute Gasteiger partial charge is 0.0445 e. The van der Waals surface area contributed by atoms with Gasteiger partial charge < -0.3 is 5.11 Å². The molecule has 0 amide bonds. The first-order chi connectivity index (χ1) is 5.88. The van der Waals surface area contributed by atoms with Crippen LogP contribution in [0.25, 0.3) is 0 Å². The highest BCUT2D eigenvalue weighted by molar-refractivity contribution is 7.80. The monoisotopic (exact) mass is 189 g/mol. The van der Waals surface area contributed by atoms with Crippen molar-refractivity contribution in [1.82, 2.24) is 4.90 Å². The summed E-state index contributed by atoms with van der Waals surface area (Å²) >= 11 is 4.24. The minimum absolute atomic E-state index is 0.327. The largest absolute Gasteiger partial charge is 0.396 e. The Balaban J connectivity index is 2.31. The lowest BCUT2D eigenvalue weighted by atomic mass is 10.00. The average molecular weight is 189 g/mol. The van der Waals surface area contributed by atoms with E-state index in [4.69, 9.17) is 5.11 Å². The van der Waals surface area contributed by atoms with E-state index >= 15 is 0 Å². The maximum Gasteiger partial charge on any atom is 0.0445 e. The Labute approximate surface area is 80.4 Å². The first-order valence-corrected chi connectivity index (χ1v) is 5.47. The molecule has 72 valence electrons. The fraction of sp³-hybridized carbons (Fsp3) is 1.00. The van der Waals surface area contributed by atoms with E-state index in [0.717, 1.165) is 18.7 Å². The maximum absolute atomic E-state index is 8.86. The van der Waals surface area contributed by atoms with Crippen molar-refractivity contribution in [3.05, 3.63) is 0 Å². The molecule has 0 aromatic rings. The molecule has 0 bridgehead atoms. The molecule has 2 nitrogen and oxygen atoms in total. The van der Waals surface area contributed by atoms with Crippen LogP contribution in [0.4, 0.5) is 0 Å². The standard InChI is InChI=1S/C9H19NOS/c11-7-4-9-3-1-2-5-10(9)6-8-12/h9,11-12H,1-8H2. The topological polar surface area (TPSA) is 23.5 Å². The van der Waals surface area contributed by atoms with Crippen LogP contribution in [-0.4, -0.2) is 41.5 Å². The van der Waals surface area contributed by atoms with Gasteiger partial charge in [0, 0.05) is 24.9 Å². The molecule has 12 heavy (non-hydrogen) atoms. The van der Waals surface area contributed by atoms with E-state index in [1.807, 2.05) is 0 Å². The van der Waals surface area contributed by atoms with Crippen molar-refractivity contribution < 1.29 is 5.11 Å². The second-order valence-electron chi connectivity index (χ2n) is 3.42. The van der Waals surface area contributed by atoms with Crippen molar-refractivity contribution in [3.63, 3.8) is 0 Å². The lowest BCUT2D eigenvalue weighted by molar-refractivity contribution is 0.126. The third-order valence-corrected chi connectivity index (χ3v) is 2.80. The van der Waals surface area contributed by atoms with Crippen molar-refractivity contribution >= 4 is 12.6 Å². The molecule has 0 aromatic carbocycles. The van der Waals surface area contributed by atoms with E-state index in [1.165, 1.54) is 25.8 Å². The zero-order valence-corrected chi connectivity index (χ0v) is 8.47. The van der Waals surface area contributed by atoms with E-state index in [1.54, 1.807) is 0 Å². The van der Waals surface area contributed by atoms with Crippen LogP contribution in [0.1, 0.15) is 25.7 Å². The highest BCUT2D eigenvalue weighted by Gasteiger charge is 2.20. The van der Waals surface area contributed by atoms with E-state index in [9.17, 15) is 0 Å². The van der Waals surface area contributed by atoms with Crippen LogP contribution >= 0.6 is 12.6 Å². The van der Waals surface area contributed by atoms with Crippen LogP contribution in [0.5, 0.6) is 0 Å². The summed E-state index contributed by atoms with van der Waals surface area (Å²) in [6.45, 7) is 2.60. The molecule has 1 unspecified atom stereocenters. The Hall–Kier alpha value is 0.270. The number of nitrogens with zero attached hydrogens (tertiary/aromatic N) is 1. The lowest BCUT2D eigenvalue weighted by Crippen LogP contribution is -2.41. The summed E-state index contributed by atoms with van der Waals surface area (Å²) in [6.07, 6.45) is 4.84. The molecular weight excluding hydrogens is 170 g/mol. The Morgan fingerprint density at radius 2 is 2.25 bits per heavy atom. The minimum atomic E-state index is 0.327. The van der Waals surface area contributed by atoms with Gasteiger partial charge in [-0.05, 0) is 25.8 Å². The molecular formula is C9H19NOS. The summed E-state index contributed by atoms with van der Waals surface area (Å²) in [5.41, 5.74) is 0. The van der Waals surface area contributed by atoms with Crippen molar-refractivity contribution in [2.75, 3.05) is 25.4 Å². The van der Waals surface area contributed by atoms with Gasteiger partial charge in [0.05, 0.1) is 0 Å². The van der Waals surface area contributed by atoms with Crippen LogP contribution in [0.2, 0.25) is 0 Å².